The van der Waals surface area contributed by atoms with Crippen LogP contribution in [0.1, 0.15) is 45.4 Å². The van der Waals surface area contributed by atoms with E-state index < -0.39 is 10.8 Å². The fourth-order valence-corrected chi connectivity index (χ4v) is 3.51. The molecule has 1 fully saturated rings. The van der Waals surface area contributed by atoms with Gasteiger partial charge in [0.25, 0.3) is 0 Å². The van der Waals surface area contributed by atoms with E-state index in [2.05, 4.69) is 12.2 Å². The van der Waals surface area contributed by atoms with E-state index in [0.29, 0.717) is 5.25 Å². The van der Waals surface area contributed by atoms with E-state index in [1.54, 1.807) is 0 Å². The molecule has 1 aliphatic rings. The van der Waals surface area contributed by atoms with Crippen LogP contribution in [0.15, 0.2) is 0 Å². The van der Waals surface area contributed by atoms with Crippen LogP contribution in [0.25, 0.3) is 0 Å². The Balaban J connectivity index is 2.07. The Bertz CT molecular complexity index is 167. The van der Waals surface area contributed by atoms with Crippen molar-refractivity contribution in [2.75, 3.05) is 18.8 Å². The summed E-state index contributed by atoms with van der Waals surface area (Å²) in [5, 5.41) is 3.82. The summed E-state index contributed by atoms with van der Waals surface area (Å²) in [5.74, 6) is 0.852. The smallest absolute Gasteiger partial charge is 0.0362 e. The highest BCUT2D eigenvalue weighted by atomic mass is 32.2. The lowest BCUT2D eigenvalue weighted by Gasteiger charge is -2.20. The highest BCUT2D eigenvalue weighted by Gasteiger charge is 2.18. The van der Waals surface area contributed by atoms with Gasteiger partial charge in [-0.25, -0.2) is 0 Å². The zero-order valence-electron chi connectivity index (χ0n) is 9.26. The van der Waals surface area contributed by atoms with E-state index in [1.165, 1.54) is 32.1 Å². The molecule has 0 amide bonds. The van der Waals surface area contributed by atoms with Crippen molar-refractivity contribution in [3.63, 3.8) is 0 Å². The van der Waals surface area contributed by atoms with Crippen LogP contribution in [0.4, 0.5) is 0 Å². The average molecular weight is 217 g/mol. The molecule has 1 saturated carbocycles. The maximum Gasteiger partial charge on any atom is 0.0362 e. The highest BCUT2D eigenvalue weighted by molar-refractivity contribution is 7.85. The molecular formula is C11H23NOS. The van der Waals surface area contributed by atoms with E-state index in [9.17, 15) is 4.21 Å². The molecule has 1 rings (SSSR count). The van der Waals surface area contributed by atoms with Crippen molar-refractivity contribution in [1.82, 2.24) is 5.32 Å². The lowest BCUT2D eigenvalue weighted by molar-refractivity contribution is 0.504. The summed E-state index contributed by atoms with van der Waals surface area (Å²) in [7, 11) is -0.572. The molecule has 14 heavy (non-hydrogen) atoms. The molecule has 0 aromatic carbocycles. The Morgan fingerprint density at radius 2 is 1.93 bits per heavy atom. The lowest BCUT2D eigenvalue weighted by Crippen LogP contribution is -2.27. The van der Waals surface area contributed by atoms with Crippen molar-refractivity contribution in [3.05, 3.63) is 0 Å². The molecule has 0 spiro atoms. The zero-order valence-corrected chi connectivity index (χ0v) is 10.1. The molecule has 84 valence electrons. The van der Waals surface area contributed by atoms with E-state index in [-0.39, 0.29) is 0 Å². The topological polar surface area (TPSA) is 29.1 Å². The second-order valence-electron chi connectivity index (χ2n) is 4.09. The SMILES string of the molecule is CCCNCCS(=O)C1CCCCC1. The summed E-state index contributed by atoms with van der Waals surface area (Å²) in [5.41, 5.74) is 0. The molecule has 3 heteroatoms. The lowest BCUT2D eigenvalue weighted by atomic mass is 10.0. The second kappa shape index (κ2) is 7.41. The maximum atomic E-state index is 11.8. The monoisotopic (exact) mass is 217 g/mol. The van der Waals surface area contributed by atoms with Gasteiger partial charge in [0.05, 0.1) is 0 Å². The second-order valence-corrected chi connectivity index (χ2v) is 5.93. The van der Waals surface area contributed by atoms with Crippen LogP contribution in [-0.2, 0) is 10.8 Å². The third-order valence-electron chi connectivity index (χ3n) is 2.83. The molecule has 0 bridgehead atoms. The van der Waals surface area contributed by atoms with E-state index in [4.69, 9.17) is 0 Å². The molecule has 0 radical (unpaired) electrons. The molecule has 0 heterocycles. The fraction of sp³-hybridized carbons (Fsp3) is 1.00. The Labute approximate surface area is 90.3 Å². The van der Waals surface area contributed by atoms with Crippen molar-refractivity contribution < 1.29 is 4.21 Å². The van der Waals surface area contributed by atoms with Crippen molar-refractivity contribution in [2.45, 2.75) is 50.7 Å². The Kier molecular flexibility index (Phi) is 6.45. The summed E-state index contributed by atoms with van der Waals surface area (Å²) >= 11 is 0. The van der Waals surface area contributed by atoms with Gasteiger partial charge in [-0.3, -0.25) is 4.21 Å². The van der Waals surface area contributed by atoms with Gasteiger partial charge in [-0.05, 0) is 25.8 Å². The Hall–Kier alpha value is 0.110. The summed E-state index contributed by atoms with van der Waals surface area (Å²) < 4.78 is 11.8. The normalized spacial score (nSPS) is 20.9. The minimum atomic E-state index is -0.572. The van der Waals surface area contributed by atoms with Crippen LogP contribution in [0.3, 0.4) is 0 Å². The van der Waals surface area contributed by atoms with E-state index in [1.807, 2.05) is 0 Å². The molecule has 1 N–H and O–H groups in total. The van der Waals surface area contributed by atoms with Crippen molar-refractivity contribution in [1.29, 1.82) is 0 Å². The van der Waals surface area contributed by atoms with Gasteiger partial charge < -0.3 is 5.32 Å². The van der Waals surface area contributed by atoms with Crippen molar-refractivity contribution >= 4 is 10.8 Å². The summed E-state index contributed by atoms with van der Waals surface area (Å²) in [4.78, 5) is 0. The van der Waals surface area contributed by atoms with E-state index in [0.717, 1.165) is 25.3 Å². The molecular weight excluding hydrogens is 194 g/mol. The van der Waals surface area contributed by atoms with Crippen LogP contribution in [-0.4, -0.2) is 28.3 Å². The minimum absolute atomic E-state index is 0.507. The first-order valence-corrected chi connectivity index (χ1v) is 7.30. The average Bonchev–Trinajstić information content (AvgIpc) is 2.25. The van der Waals surface area contributed by atoms with Gasteiger partial charge in [-0.2, -0.15) is 0 Å². The third-order valence-corrected chi connectivity index (χ3v) is 4.65. The van der Waals surface area contributed by atoms with E-state index >= 15 is 0 Å². The van der Waals surface area contributed by atoms with Crippen LogP contribution in [0.2, 0.25) is 0 Å². The molecule has 0 aromatic rings. The first kappa shape index (κ1) is 12.2. The molecule has 1 atom stereocenters. The summed E-state index contributed by atoms with van der Waals surface area (Å²) in [6.07, 6.45) is 7.48. The highest BCUT2D eigenvalue weighted by Crippen LogP contribution is 2.21. The molecule has 0 aromatic heterocycles. The molecule has 0 aliphatic heterocycles. The number of nitrogens with one attached hydrogen (secondary N) is 1. The Morgan fingerprint density at radius 1 is 1.21 bits per heavy atom. The summed E-state index contributed by atoms with van der Waals surface area (Å²) in [6, 6.07) is 0. The van der Waals surface area contributed by atoms with Gasteiger partial charge in [0.15, 0.2) is 0 Å². The standard InChI is InChI=1S/C11H23NOS/c1-2-8-12-9-10-14(13)11-6-4-3-5-7-11/h11-12H,2-10H2,1H3. The molecule has 1 unspecified atom stereocenters. The van der Waals surface area contributed by atoms with Gasteiger partial charge in [0, 0.05) is 28.3 Å². The van der Waals surface area contributed by atoms with Gasteiger partial charge in [0.2, 0.25) is 0 Å². The first-order chi connectivity index (χ1) is 6.84. The zero-order chi connectivity index (χ0) is 10.2. The number of hydrogen-bond acceptors (Lipinski definition) is 2. The van der Waals surface area contributed by atoms with Crippen LogP contribution in [0, 0.1) is 0 Å². The van der Waals surface area contributed by atoms with Gasteiger partial charge in [0.1, 0.15) is 0 Å². The van der Waals surface area contributed by atoms with Gasteiger partial charge in [-0.15, -0.1) is 0 Å². The maximum absolute atomic E-state index is 11.8. The van der Waals surface area contributed by atoms with Crippen LogP contribution < -0.4 is 5.32 Å². The quantitative estimate of drug-likeness (QED) is 0.690. The largest absolute Gasteiger partial charge is 0.316 e. The van der Waals surface area contributed by atoms with Crippen LogP contribution in [0.5, 0.6) is 0 Å². The first-order valence-electron chi connectivity index (χ1n) is 5.92. The predicted molar refractivity (Wildman–Crippen MR) is 63.0 cm³/mol. The van der Waals surface area contributed by atoms with Gasteiger partial charge >= 0.3 is 0 Å². The van der Waals surface area contributed by atoms with Crippen LogP contribution >= 0.6 is 0 Å². The predicted octanol–water partition coefficient (Wildman–Crippen LogP) is 2.07. The van der Waals surface area contributed by atoms with Crippen molar-refractivity contribution in [3.8, 4) is 0 Å². The van der Waals surface area contributed by atoms with Gasteiger partial charge in [-0.1, -0.05) is 26.2 Å². The van der Waals surface area contributed by atoms with Crippen molar-refractivity contribution in [2.24, 2.45) is 0 Å². The molecule has 2 nitrogen and oxygen atoms in total. The Morgan fingerprint density at radius 3 is 2.57 bits per heavy atom. The molecule has 0 saturated heterocycles. The third kappa shape index (κ3) is 4.56. The summed E-state index contributed by atoms with van der Waals surface area (Å²) in [6.45, 7) is 4.14. The fourth-order valence-electron chi connectivity index (χ4n) is 1.97. The molecule has 1 aliphatic carbocycles. The number of hydrogen-bond donors (Lipinski definition) is 1. The number of rotatable bonds is 6. The minimum Gasteiger partial charge on any atom is -0.316 e.